The number of ketones is 1. The van der Waals surface area contributed by atoms with Crippen LogP contribution in [0.4, 0.5) is 0 Å². The zero-order chi connectivity index (χ0) is 23.4. The summed E-state index contributed by atoms with van der Waals surface area (Å²) in [6, 6.07) is 11.2. The maximum absolute atomic E-state index is 13.0. The minimum atomic E-state index is -0.730. The van der Waals surface area contributed by atoms with Gasteiger partial charge in [-0.05, 0) is 56.9 Å². The number of hydrogen-bond donors (Lipinski definition) is 1. The average Bonchev–Trinajstić information content (AvgIpc) is 3.02. The van der Waals surface area contributed by atoms with E-state index in [0.29, 0.717) is 42.3 Å². The van der Waals surface area contributed by atoms with E-state index in [-0.39, 0.29) is 16.4 Å². The summed E-state index contributed by atoms with van der Waals surface area (Å²) in [4.78, 5) is 29.4. The van der Waals surface area contributed by atoms with Gasteiger partial charge in [0, 0.05) is 18.7 Å². The van der Waals surface area contributed by atoms with E-state index in [9.17, 15) is 14.7 Å². The van der Waals surface area contributed by atoms with Crippen molar-refractivity contribution in [1.82, 2.24) is 9.80 Å². The number of Topliss-reactive ketones (excluding diaryl/α,β-unsaturated/α-hetero) is 1. The van der Waals surface area contributed by atoms with Crippen LogP contribution < -0.4 is 9.47 Å². The summed E-state index contributed by atoms with van der Waals surface area (Å²) in [6.45, 7) is 3.31. The van der Waals surface area contributed by atoms with Crippen molar-refractivity contribution in [1.29, 1.82) is 0 Å². The number of methoxy groups -OCH3 is 1. The minimum absolute atomic E-state index is 0.0270. The lowest BCUT2D eigenvalue weighted by Crippen LogP contribution is -2.35. The number of amides is 1. The van der Waals surface area contributed by atoms with Crippen molar-refractivity contribution >= 4 is 29.1 Å². The molecule has 0 saturated carbocycles. The molecular formula is C24H27ClN2O5. The highest BCUT2D eigenvalue weighted by Crippen LogP contribution is 2.40. The van der Waals surface area contributed by atoms with Gasteiger partial charge in [0.25, 0.3) is 11.7 Å². The van der Waals surface area contributed by atoms with E-state index < -0.39 is 17.7 Å². The molecule has 1 atom stereocenters. The molecule has 0 aromatic heterocycles. The van der Waals surface area contributed by atoms with Gasteiger partial charge < -0.3 is 24.4 Å². The van der Waals surface area contributed by atoms with Crippen molar-refractivity contribution in [2.45, 2.75) is 13.0 Å². The van der Waals surface area contributed by atoms with Crippen molar-refractivity contribution in [3.63, 3.8) is 0 Å². The third kappa shape index (κ3) is 4.74. The van der Waals surface area contributed by atoms with Crippen molar-refractivity contribution in [3.05, 3.63) is 64.2 Å². The zero-order valence-electron chi connectivity index (χ0n) is 18.6. The number of rotatable bonds is 8. The molecule has 0 radical (unpaired) electrons. The highest BCUT2D eigenvalue weighted by Gasteiger charge is 2.45. The second kappa shape index (κ2) is 10.1. The molecule has 2 aromatic rings. The molecule has 0 aliphatic carbocycles. The Kier molecular flexibility index (Phi) is 7.43. The number of benzene rings is 2. The van der Waals surface area contributed by atoms with Crippen LogP contribution >= 0.6 is 11.6 Å². The summed E-state index contributed by atoms with van der Waals surface area (Å²) in [5.41, 5.74) is 1.06. The first-order chi connectivity index (χ1) is 15.3. The summed E-state index contributed by atoms with van der Waals surface area (Å²) in [5.74, 6) is -0.528. The molecule has 1 aliphatic heterocycles. The Morgan fingerprint density at radius 1 is 1.16 bits per heavy atom. The largest absolute Gasteiger partial charge is 0.507 e. The summed E-state index contributed by atoms with van der Waals surface area (Å²) >= 11 is 6.22. The lowest BCUT2D eigenvalue weighted by molar-refractivity contribution is -0.140. The third-order valence-electron chi connectivity index (χ3n) is 5.26. The predicted octanol–water partition coefficient (Wildman–Crippen LogP) is 3.73. The number of nitrogens with zero attached hydrogens (tertiary/aromatic N) is 2. The van der Waals surface area contributed by atoms with Gasteiger partial charge in [-0.1, -0.05) is 23.7 Å². The number of aliphatic hydroxyl groups is 1. The van der Waals surface area contributed by atoms with Gasteiger partial charge in [0.05, 0.1) is 30.4 Å². The number of ether oxygens (including phenoxy) is 2. The molecule has 1 amide bonds. The molecule has 7 nitrogen and oxygen atoms in total. The molecule has 1 heterocycles. The van der Waals surface area contributed by atoms with E-state index in [1.165, 1.54) is 18.1 Å². The van der Waals surface area contributed by atoms with E-state index in [1.54, 1.807) is 36.4 Å². The Bertz CT molecular complexity index is 1030. The Hall–Kier alpha value is -3.03. The maximum atomic E-state index is 13.0. The van der Waals surface area contributed by atoms with Gasteiger partial charge in [0.1, 0.15) is 17.3 Å². The fraction of sp³-hybridized carbons (Fsp3) is 0.333. The molecule has 1 N–H and O–H groups in total. The molecule has 170 valence electrons. The van der Waals surface area contributed by atoms with Crippen LogP contribution in [-0.4, -0.2) is 67.5 Å². The van der Waals surface area contributed by atoms with E-state index in [1.807, 2.05) is 25.9 Å². The average molecular weight is 459 g/mol. The highest BCUT2D eigenvalue weighted by atomic mass is 35.5. The van der Waals surface area contributed by atoms with E-state index in [2.05, 4.69) is 0 Å². The quantitative estimate of drug-likeness (QED) is 0.369. The van der Waals surface area contributed by atoms with Crippen molar-refractivity contribution in [2.24, 2.45) is 0 Å². The molecule has 8 heteroatoms. The minimum Gasteiger partial charge on any atom is -0.507 e. The van der Waals surface area contributed by atoms with E-state index in [0.717, 1.165) is 0 Å². The number of halogens is 1. The molecule has 0 bridgehead atoms. The molecular weight excluding hydrogens is 432 g/mol. The standard InChI is InChI=1S/C24H27ClN2O5/c1-5-32-17-9-6-15(7-10-17)21-20(23(29)24(30)27(21)13-12-26(2)3)22(28)16-8-11-19(31-4)18(25)14-16/h6-11,14,21,28H,5,12-13H2,1-4H3/b22-20-. The van der Waals surface area contributed by atoms with Crippen molar-refractivity contribution < 1.29 is 24.2 Å². The molecule has 1 saturated heterocycles. The Labute approximate surface area is 192 Å². The van der Waals surface area contributed by atoms with Gasteiger partial charge >= 0.3 is 0 Å². The molecule has 2 aromatic carbocycles. The van der Waals surface area contributed by atoms with Crippen LogP contribution in [0.5, 0.6) is 11.5 Å². The van der Waals surface area contributed by atoms with Crippen LogP contribution in [0.1, 0.15) is 24.1 Å². The zero-order valence-corrected chi connectivity index (χ0v) is 19.3. The fourth-order valence-electron chi connectivity index (χ4n) is 3.65. The summed E-state index contributed by atoms with van der Waals surface area (Å²) in [6.07, 6.45) is 0. The van der Waals surface area contributed by atoms with Crippen LogP contribution in [0.25, 0.3) is 5.76 Å². The molecule has 0 spiro atoms. The molecule has 32 heavy (non-hydrogen) atoms. The highest BCUT2D eigenvalue weighted by molar-refractivity contribution is 6.46. The number of carbonyl (C=O) groups excluding carboxylic acids is 2. The van der Waals surface area contributed by atoms with Gasteiger partial charge in [-0.15, -0.1) is 0 Å². The van der Waals surface area contributed by atoms with E-state index in [4.69, 9.17) is 21.1 Å². The van der Waals surface area contributed by atoms with Gasteiger partial charge in [-0.25, -0.2) is 0 Å². The summed E-state index contributed by atoms with van der Waals surface area (Å²) in [7, 11) is 5.27. The normalized spacial score (nSPS) is 17.8. The molecule has 1 aliphatic rings. The smallest absolute Gasteiger partial charge is 0.295 e. The van der Waals surface area contributed by atoms with Gasteiger partial charge in [0.2, 0.25) is 0 Å². The van der Waals surface area contributed by atoms with Crippen LogP contribution in [0.2, 0.25) is 5.02 Å². The number of aliphatic hydroxyl groups excluding tert-OH is 1. The summed E-state index contributed by atoms with van der Waals surface area (Å²) < 4.78 is 10.7. The van der Waals surface area contributed by atoms with E-state index >= 15 is 0 Å². The topological polar surface area (TPSA) is 79.3 Å². The first-order valence-corrected chi connectivity index (χ1v) is 10.7. The lowest BCUT2D eigenvalue weighted by Gasteiger charge is -2.26. The second-order valence-corrected chi connectivity index (χ2v) is 8.05. The number of carbonyl (C=O) groups is 2. The molecule has 3 rings (SSSR count). The van der Waals surface area contributed by atoms with Crippen LogP contribution in [-0.2, 0) is 9.59 Å². The van der Waals surface area contributed by atoms with Crippen LogP contribution in [0.3, 0.4) is 0 Å². The predicted molar refractivity (Wildman–Crippen MR) is 123 cm³/mol. The first kappa shape index (κ1) is 23.6. The van der Waals surface area contributed by atoms with Crippen LogP contribution in [0.15, 0.2) is 48.0 Å². The second-order valence-electron chi connectivity index (χ2n) is 7.65. The summed E-state index contributed by atoms with van der Waals surface area (Å²) in [5, 5.41) is 11.4. The van der Waals surface area contributed by atoms with Gasteiger partial charge in [-0.3, -0.25) is 9.59 Å². The van der Waals surface area contributed by atoms with Gasteiger partial charge in [0.15, 0.2) is 0 Å². The van der Waals surface area contributed by atoms with Crippen LogP contribution in [0, 0.1) is 0 Å². The van der Waals surface area contributed by atoms with Crippen molar-refractivity contribution in [3.8, 4) is 11.5 Å². The number of likely N-dealkylation sites (tertiary alicyclic amines) is 1. The fourth-order valence-corrected chi connectivity index (χ4v) is 3.90. The Balaban J connectivity index is 2.12. The first-order valence-electron chi connectivity index (χ1n) is 10.3. The Morgan fingerprint density at radius 2 is 1.84 bits per heavy atom. The lowest BCUT2D eigenvalue weighted by atomic mass is 9.95. The number of likely N-dealkylation sites (N-methyl/N-ethyl adjacent to an activating group) is 1. The Morgan fingerprint density at radius 3 is 2.41 bits per heavy atom. The number of hydrogen-bond acceptors (Lipinski definition) is 6. The van der Waals surface area contributed by atoms with Gasteiger partial charge in [-0.2, -0.15) is 0 Å². The molecule has 1 fully saturated rings. The SMILES string of the molecule is CCOc1ccc(C2/C(=C(/O)c3ccc(OC)c(Cl)c3)C(=O)C(=O)N2CCN(C)C)cc1. The monoisotopic (exact) mass is 458 g/mol. The maximum Gasteiger partial charge on any atom is 0.295 e. The third-order valence-corrected chi connectivity index (χ3v) is 5.56. The molecule has 1 unspecified atom stereocenters. The van der Waals surface area contributed by atoms with Crippen molar-refractivity contribution in [2.75, 3.05) is 40.9 Å².